The van der Waals surface area contributed by atoms with Crippen LogP contribution in [-0.4, -0.2) is 44.8 Å². The van der Waals surface area contributed by atoms with Gasteiger partial charge in [-0.3, -0.25) is 15.6 Å². The van der Waals surface area contributed by atoms with Crippen molar-refractivity contribution in [2.45, 2.75) is 6.42 Å². The van der Waals surface area contributed by atoms with Crippen LogP contribution < -0.4 is 25.8 Å². The van der Waals surface area contributed by atoms with E-state index in [4.69, 9.17) is 17.0 Å². The minimum absolute atomic E-state index is 0.189. The summed E-state index contributed by atoms with van der Waals surface area (Å²) in [6.45, 7) is 1.58. The average Bonchev–Trinajstić information content (AvgIpc) is 2.48. The summed E-state index contributed by atoms with van der Waals surface area (Å²) in [5, 5.41) is 3.33. The largest absolute Gasteiger partial charge is 0.484 e. The number of hydrogen-bond acceptors (Lipinski definition) is 3. The minimum Gasteiger partial charge on any atom is -0.484 e. The lowest BCUT2D eigenvalue weighted by molar-refractivity contribution is -0.858. The van der Waals surface area contributed by atoms with Crippen LogP contribution in [0.2, 0.25) is 0 Å². The van der Waals surface area contributed by atoms with Crippen LogP contribution >= 0.6 is 12.2 Å². The van der Waals surface area contributed by atoms with Gasteiger partial charge in [0.05, 0.1) is 20.6 Å². The molecule has 0 unspecified atom stereocenters. The first-order chi connectivity index (χ1) is 10.5. The highest BCUT2D eigenvalue weighted by Crippen LogP contribution is 2.10. The van der Waals surface area contributed by atoms with Gasteiger partial charge >= 0.3 is 0 Å². The van der Waals surface area contributed by atoms with Crippen LogP contribution in [0, 0.1) is 5.82 Å². The molecule has 0 saturated heterocycles. The van der Waals surface area contributed by atoms with Gasteiger partial charge in [0.25, 0.3) is 5.91 Å². The molecular formula is C14H22FN4O2S+. The first kappa shape index (κ1) is 18.1. The molecule has 122 valence electrons. The molecule has 0 fully saturated rings. The van der Waals surface area contributed by atoms with Gasteiger partial charge in [-0.25, -0.2) is 4.39 Å². The van der Waals surface area contributed by atoms with Gasteiger partial charge in [-0.1, -0.05) is 0 Å². The second kappa shape index (κ2) is 9.91. The van der Waals surface area contributed by atoms with E-state index >= 15 is 0 Å². The van der Waals surface area contributed by atoms with Gasteiger partial charge < -0.3 is 15.0 Å². The van der Waals surface area contributed by atoms with E-state index in [-0.39, 0.29) is 18.3 Å². The van der Waals surface area contributed by atoms with Crippen molar-refractivity contribution in [1.29, 1.82) is 0 Å². The molecule has 1 aromatic carbocycles. The lowest BCUT2D eigenvalue weighted by atomic mass is 10.3. The summed E-state index contributed by atoms with van der Waals surface area (Å²) in [5.74, 6) is -0.319. The van der Waals surface area contributed by atoms with Crippen LogP contribution in [-0.2, 0) is 4.79 Å². The van der Waals surface area contributed by atoms with Crippen molar-refractivity contribution in [2.24, 2.45) is 0 Å². The summed E-state index contributed by atoms with van der Waals surface area (Å²) in [6.07, 6.45) is 0.978. The number of carbonyl (C=O) groups is 1. The van der Waals surface area contributed by atoms with Crippen LogP contribution in [0.4, 0.5) is 4.39 Å². The Morgan fingerprint density at radius 3 is 2.59 bits per heavy atom. The zero-order chi connectivity index (χ0) is 16.4. The van der Waals surface area contributed by atoms with E-state index in [9.17, 15) is 9.18 Å². The number of benzene rings is 1. The molecule has 0 aromatic heterocycles. The molecule has 0 atom stereocenters. The maximum Gasteiger partial charge on any atom is 0.276 e. The third kappa shape index (κ3) is 8.38. The monoisotopic (exact) mass is 329 g/mol. The SMILES string of the molecule is C[NH+](C)CCCNC(=S)NNC(=O)COc1ccc(F)cc1. The number of amides is 1. The fourth-order valence-corrected chi connectivity index (χ4v) is 1.68. The van der Waals surface area contributed by atoms with Crippen LogP contribution in [0.5, 0.6) is 5.75 Å². The zero-order valence-electron chi connectivity index (χ0n) is 12.7. The molecule has 8 heteroatoms. The molecule has 0 aliphatic rings. The number of halogens is 1. The van der Waals surface area contributed by atoms with E-state index in [1.165, 1.54) is 29.2 Å². The van der Waals surface area contributed by atoms with E-state index in [2.05, 4.69) is 30.3 Å². The van der Waals surface area contributed by atoms with E-state index in [1.807, 2.05) is 0 Å². The maximum atomic E-state index is 12.7. The standard InChI is InChI=1S/C14H21FN4O2S/c1-19(2)9-3-8-16-14(22)18-17-13(20)10-21-12-6-4-11(15)5-7-12/h4-7H,3,8-10H2,1-2H3,(H,17,20)(H2,16,18,22)/p+1. The van der Waals surface area contributed by atoms with Crippen LogP contribution in [0.3, 0.4) is 0 Å². The highest BCUT2D eigenvalue weighted by molar-refractivity contribution is 7.80. The summed E-state index contributed by atoms with van der Waals surface area (Å²) in [6, 6.07) is 5.43. The lowest BCUT2D eigenvalue weighted by Crippen LogP contribution is -3.05. The second-order valence-electron chi connectivity index (χ2n) is 4.98. The molecule has 4 N–H and O–H groups in total. The summed E-state index contributed by atoms with van der Waals surface area (Å²) < 4.78 is 17.9. The summed E-state index contributed by atoms with van der Waals surface area (Å²) in [4.78, 5) is 12.9. The number of rotatable bonds is 7. The quantitative estimate of drug-likeness (QED) is 0.301. The van der Waals surface area contributed by atoms with Crippen molar-refractivity contribution in [3.8, 4) is 5.75 Å². The smallest absolute Gasteiger partial charge is 0.276 e. The Morgan fingerprint density at radius 2 is 1.95 bits per heavy atom. The van der Waals surface area contributed by atoms with Crippen molar-refractivity contribution in [3.63, 3.8) is 0 Å². The maximum absolute atomic E-state index is 12.7. The molecule has 0 bridgehead atoms. The van der Waals surface area contributed by atoms with Gasteiger partial charge in [0.1, 0.15) is 11.6 Å². The normalized spacial score (nSPS) is 10.2. The Morgan fingerprint density at radius 1 is 1.27 bits per heavy atom. The molecule has 0 radical (unpaired) electrons. The van der Waals surface area contributed by atoms with E-state index in [0.29, 0.717) is 10.9 Å². The Kier molecular flexibility index (Phi) is 8.16. The van der Waals surface area contributed by atoms with Crippen LogP contribution in [0.15, 0.2) is 24.3 Å². The molecule has 0 aliphatic heterocycles. The third-order valence-electron chi connectivity index (χ3n) is 2.64. The molecule has 6 nitrogen and oxygen atoms in total. The lowest BCUT2D eigenvalue weighted by Gasteiger charge is -2.12. The number of quaternary nitrogens is 1. The van der Waals surface area contributed by atoms with Gasteiger partial charge in [0.2, 0.25) is 0 Å². The highest BCUT2D eigenvalue weighted by atomic mass is 32.1. The molecule has 1 aromatic rings. The Bertz CT molecular complexity index is 482. The molecule has 0 spiro atoms. The fraction of sp³-hybridized carbons (Fsp3) is 0.429. The Balaban J connectivity index is 2.12. The second-order valence-corrected chi connectivity index (χ2v) is 5.39. The van der Waals surface area contributed by atoms with Gasteiger partial charge in [0.15, 0.2) is 11.7 Å². The topological polar surface area (TPSA) is 66.8 Å². The molecule has 0 saturated carbocycles. The third-order valence-corrected chi connectivity index (χ3v) is 2.88. The zero-order valence-corrected chi connectivity index (χ0v) is 13.6. The Labute approximate surface area is 135 Å². The minimum atomic E-state index is -0.383. The number of hydrazine groups is 1. The Hall–Kier alpha value is -1.93. The number of thiocarbonyl (C=S) groups is 1. The fourth-order valence-electron chi connectivity index (χ4n) is 1.53. The summed E-state index contributed by atoms with van der Waals surface area (Å²) in [7, 11) is 4.16. The highest BCUT2D eigenvalue weighted by Gasteiger charge is 2.04. The van der Waals surface area contributed by atoms with Gasteiger partial charge in [0, 0.05) is 13.0 Å². The summed E-state index contributed by atoms with van der Waals surface area (Å²) in [5.41, 5.74) is 5.01. The molecule has 1 amide bonds. The van der Waals surface area contributed by atoms with E-state index < -0.39 is 0 Å². The average molecular weight is 329 g/mol. The predicted molar refractivity (Wildman–Crippen MR) is 86.1 cm³/mol. The van der Waals surface area contributed by atoms with E-state index in [1.54, 1.807) is 0 Å². The number of hydrogen-bond donors (Lipinski definition) is 4. The van der Waals surface area contributed by atoms with Crippen molar-refractivity contribution in [2.75, 3.05) is 33.8 Å². The molecule has 1 rings (SSSR count). The van der Waals surface area contributed by atoms with Gasteiger partial charge in [-0.05, 0) is 36.5 Å². The predicted octanol–water partition coefficient (Wildman–Crippen LogP) is -0.766. The first-order valence-corrected chi connectivity index (χ1v) is 7.38. The molecule has 0 aliphatic carbocycles. The number of carbonyl (C=O) groups excluding carboxylic acids is 1. The van der Waals surface area contributed by atoms with Gasteiger partial charge in [-0.2, -0.15) is 0 Å². The van der Waals surface area contributed by atoms with Crippen molar-refractivity contribution < 1.29 is 18.8 Å². The van der Waals surface area contributed by atoms with Crippen molar-refractivity contribution in [3.05, 3.63) is 30.1 Å². The van der Waals surface area contributed by atoms with Crippen LogP contribution in [0.25, 0.3) is 0 Å². The van der Waals surface area contributed by atoms with E-state index in [0.717, 1.165) is 19.5 Å². The number of nitrogens with one attached hydrogen (secondary N) is 4. The van der Waals surface area contributed by atoms with Crippen LogP contribution in [0.1, 0.15) is 6.42 Å². The van der Waals surface area contributed by atoms with Gasteiger partial charge in [-0.15, -0.1) is 0 Å². The number of ether oxygens (including phenoxy) is 1. The van der Waals surface area contributed by atoms with Crippen molar-refractivity contribution in [1.82, 2.24) is 16.2 Å². The summed E-state index contributed by atoms with van der Waals surface area (Å²) >= 11 is 5.02. The molecule has 0 heterocycles. The van der Waals surface area contributed by atoms with Crippen molar-refractivity contribution >= 4 is 23.2 Å². The molecular weight excluding hydrogens is 307 g/mol. The molecule has 22 heavy (non-hydrogen) atoms. The first-order valence-electron chi connectivity index (χ1n) is 6.97.